The molecule has 2 heterocycles. The lowest BCUT2D eigenvalue weighted by molar-refractivity contribution is -0.138. The molecule has 0 spiro atoms. The number of carbonyl (C=O) groups is 2. The maximum atomic E-state index is 12.2. The Morgan fingerprint density at radius 3 is 2.28 bits per heavy atom. The van der Waals surface area contributed by atoms with Gasteiger partial charge in [-0.05, 0) is 26.7 Å². The lowest BCUT2D eigenvalue weighted by Crippen LogP contribution is -2.55. The number of piperidine rings is 2. The van der Waals surface area contributed by atoms with Crippen molar-refractivity contribution >= 4 is 11.7 Å². The van der Waals surface area contributed by atoms with Crippen LogP contribution in [0.5, 0.6) is 0 Å². The Hall–Kier alpha value is -0.900. The fourth-order valence-corrected chi connectivity index (χ4v) is 3.36. The predicted octanol–water partition coefficient (Wildman–Crippen LogP) is 1.44. The summed E-state index contributed by atoms with van der Waals surface area (Å²) in [6.45, 7) is 6.09. The summed E-state index contributed by atoms with van der Waals surface area (Å²) < 4.78 is 0. The fraction of sp³-hybridized carbons (Fsp3) is 0.857. The second kappa shape index (κ2) is 5.83. The molecule has 0 aromatic carbocycles. The Labute approximate surface area is 109 Å². The van der Waals surface area contributed by atoms with Crippen molar-refractivity contribution in [3.05, 3.63) is 0 Å². The molecule has 2 fully saturated rings. The van der Waals surface area contributed by atoms with E-state index in [2.05, 4.69) is 4.90 Å². The highest BCUT2D eigenvalue weighted by Crippen LogP contribution is 2.31. The molecule has 2 bridgehead atoms. The van der Waals surface area contributed by atoms with Gasteiger partial charge in [0.25, 0.3) is 0 Å². The number of rotatable bonds is 4. The molecule has 18 heavy (non-hydrogen) atoms. The first-order valence-electron chi connectivity index (χ1n) is 7.20. The van der Waals surface area contributed by atoms with Crippen LogP contribution in [-0.4, -0.2) is 53.2 Å². The third-order valence-corrected chi connectivity index (χ3v) is 4.37. The summed E-state index contributed by atoms with van der Waals surface area (Å²) >= 11 is 0. The van der Waals surface area contributed by atoms with Gasteiger partial charge in [0.15, 0.2) is 0 Å². The summed E-state index contributed by atoms with van der Waals surface area (Å²) in [6.07, 6.45) is 4.67. The van der Waals surface area contributed by atoms with Gasteiger partial charge < -0.3 is 4.90 Å². The van der Waals surface area contributed by atoms with E-state index < -0.39 is 0 Å². The number of amides is 1. The molecule has 0 saturated carbocycles. The SMILES string of the molecule is CCN(CC)C(=O)CN1C2CCCC1CC(=O)C2. The van der Waals surface area contributed by atoms with Gasteiger partial charge in [0.05, 0.1) is 6.54 Å². The molecule has 2 saturated heterocycles. The number of likely N-dealkylation sites (N-methyl/N-ethyl adjacent to an activating group) is 1. The zero-order valence-corrected chi connectivity index (χ0v) is 11.5. The van der Waals surface area contributed by atoms with E-state index in [1.54, 1.807) is 0 Å². The smallest absolute Gasteiger partial charge is 0.236 e. The van der Waals surface area contributed by atoms with Crippen LogP contribution in [0.1, 0.15) is 46.0 Å². The average Bonchev–Trinajstić information content (AvgIpc) is 2.32. The number of fused-ring (bicyclic) bond motifs is 2. The summed E-state index contributed by atoms with van der Waals surface area (Å²) in [4.78, 5) is 28.0. The van der Waals surface area contributed by atoms with Gasteiger partial charge in [0.1, 0.15) is 5.78 Å². The molecule has 2 rings (SSSR count). The molecule has 2 aliphatic heterocycles. The Morgan fingerprint density at radius 2 is 1.78 bits per heavy atom. The van der Waals surface area contributed by atoms with Crippen molar-refractivity contribution in [2.24, 2.45) is 0 Å². The molecule has 2 unspecified atom stereocenters. The van der Waals surface area contributed by atoms with E-state index in [0.29, 0.717) is 37.3 Å². The zero-order valence-electron chi connectivity index (χ0n) is 11.5. The zero-order chi connectivity index (χ0) is 13.1. The van der Waals surface area contributed by atoms with Crippen LogP contribution in [0, 0.1) is 0 Å². The minimum absolute atomic E-state index is 0.214. The van der Waals surface area contributed by atoms with Gasteiger partial charge >= 0.3 is 0 Å². The van der Waals surface area contributed by atoms with Gasteiger partial charge in [-0.25, -0.2) is 0 Å². The topological polar surface area (TPSA) is 40.6 Å². The second-order valence-electron chi connectivity index (χ2n) is 5.42. The largest absolute Gasteiger partial charge is 0.342 e. The van der Waals surface area contributed by atoms with Crippen LogP contribution in [-0.2, 0) is 9.59 Å². The Kier molecular flexibility index (Phi) is 4.38. The standard InChI is InChI=1S/C14H24N2O2/c1-3-15(4-2)14(18)10-16-11-6-5-7-12(16)9-13(17)8-11/h11-12H,3-10H2,1-2H3. The van der Waals surface area contributed by atoms with E-state index >= 15 is 0 Å². The van der Waals surface area contributed by atoms with Gasteiger partial charge in [-0.3, -0.25) is 14.5 Å². The van der Waals surface area contributed by atoms with Crippen molar-refractivity contribution in [3.63, 3.8) is 0 Å². The first kappa shape index (κ1) is 13.5. The van der Waals surface area contributed by atoms with Crippen LogP contribution in [0.2, 0.25) is 0 Å². The number of hydrogen-bond donors (Lipinski definition) is 0. The third kappa shape index (κ3) is 2.74. The van der Waals surface area contributed by atoms with Gasteiger partial charge in [-0.1, -0.05) is 6.42 Å². The van der Waals surface area contributed by atoms with E-state index in [4.69, 9.17) is 0 Å². The van der Waals surface area contributed by atoms with Crippen molar-refractivity contribution in [2.45, 2.75) is 58.0 Å². The molecular weight excluding hydrogens is 228 g/mol. The van der Waals surface area contributed by atoms with Crippen LogP contribution in [0.25, 0.3) is 0 Å². The van der Waals surface area contributed by atoms with Crippen LogP contribution in [0.4, 0.5) is 0 Å². The minimum atomic E-state index is 0.214. The van der Waals surface area contributed by atoms with Crippen molar-refractivity contribution in [2.75, 3.05) is 19.6 Å². The molecule has 1 amide bonds. The number of ketones is 1. The molecule has 2 aliphatic rings. The van der Waals surface area contributed by atoms with Gasteiger partial charge in [-0.15, -0.1) is 0 Å². The minimum Gasteiger partial charge on any atom is -0.342 e. The molecule has 2 atom stereocenters. The van der Waals surface area contributed by atoms with Gasteiger partial charge in [-0.2, -0.15) is 0 Å². The van der Waals surface area contributed by atoms with Crippen molar-refractivity contribution < 1.29 is 9.59 Å². The quantitative estimate of drug-likeness (QED) is 0.760. The van der Waals surface area contributed by atoms with Crippen LogP contribution in [0.3, 0.4) is 0 Å². The lowest BCUT2D eigenvalue weighted by Gasteiger charge is -2.45. The number of Topliss-reactive ketones (excluding diaryl/α,β-unsaturated/α-hetero) is 1. The van der Waals surface area contributed by atoms with E-state index in [0.717, 1.165) is 25.9 Å². The maximum absolute atomic E-state index is 12.2. The monoisotopic (exact) mass is 252 g/mol. The Balaban J connectivity index is 2.00. The maximum Gasteiger partial charge on any atom is 0.236 e. The molecule has 0 aromatic rings. The highest BCUT2D eigenvalue weighted by Gasteiger charge is 2.38. The third-order valence-electron chi connectivity index (χ3n) is 4.37. The van der Waals surface area contributed by atoms with E-state index in [9.17, 15) is 9.59 Å². The molecular formula is C14H24N2O2. The molecule has 4 nitrogen and oxygen atoms in total. The number of nitrogens with zero attached hydrogens (tertiary/aromatic N) is 2. The summed E-state index contributed by atoms with van der Waals surface area (Å²) in [6, 6.07) is 0.647. The predicted molar refractivity (Wildman–Crippen MR) is 70.3 cm³/mol. The van der Waals surface area contributed by atoms with Crippen molar-refractivity contribution in [3.8, 4) is 0 Å². The molecule has 0 radical (unpaired) electrons. The summed E-state index contributed by atoms with van der Waals surface area (Å²) in [5.41, 5.74) is 0. The molecule has 0 aromatic heterocycles. The summed E-state index contributed by atoms with van der Waals surface area (Å²) in [5, 5.41) is 0. The van der Waals surface area contributed by atoms with Gasteiger partial charge in [0, 0.05) is 38.0 Å². The molecule has 0 N–H and O–H groups in total. The first-order valence-corrected chi connectivity index (χ1v) is 7.20. The van der Waals surface area contributed by atoms with E-state index in [1.807, 2.05) is 18.7 Å². The van der Waals surface area contributed by atoms with Crippen molar-refractivity contribution in [1.82, 2.24) is 9.80 Å². The van der Waals surface area contributed by atoms with Crippen LogP contribution in [0.15, 0.2) is 0 Å². The Bertz CT molecular complexity index is 310. The molecule has 0 aliphatic carbocycles. The fourth-order valence-electron chi connectivity index (χ4n) is 3.36. The van der Waals surface area contributed by atoms with Crippen LogP contribution < -0.4 is 0 Å². The average molecular weight is 252 g/mol. The van der Waals surface area contributed by atoms with Crippen molar-refractivity contribution in [1.29, 1.82) is 0 Å². The second-order valence-corrected chi connectivity index (χ2v) is 5.42. The molecule has 102 valence electrons. The normalized spacial score (nSPS) is 28.2. The Morgan fingerprint density at radius 1 is 1.22 bits per heavy atom. The number of hydrogen-bond acceptors (Lipinski definition) is 3. The van der Waals surface area contributed by atoms with E-state index in [1.165, 1.54) is 6.42 Å². The molecule has 4 heteroatoms. The number of carbonyl (C=O) groups excluding carboxylic acids is 2. The first-order chi connectivity index (χ1) is 8.65. The van der Waals surface area contributed by atoms with Gasteiger partial charge in [0.2, 0.25) is 5.91 Å². The summed E-state index contributed by atoms with van der Waals surface area (Å²) in [5.74, 6) is 0.600. The van der Waals surface area contributed by atoms with E-state index in [-0.39, 0.29) is 5.91 Å². The highest BCUT2D eigenvalue weighted by molar-refractivity contribution is 5.82. The highest BCUT2D eigenvalue weighted by atomic mass is 16.2. The lowest BCUT2D eigenvalue weighted by atomic mass is 9.84. The van der Waals surface area contributed by atoms with Crippen LogP contribution >= 0.6 is 0 Å². The summed E-state index contributed by atoms with van der Waals surface area (Å²) in [7, 11) is 0.